The van der Waals surface area contributed by atoms with Crippen LogP contribution >= 0.6 is 11.3 Å². The second-order valence-corrected chi connectivity index (χ2v) is 7.66. The van der Waals surface area contributed by atoms with Crippen LogP contribution in [0.3, 0.4) is 0 Å². The monoisotopic (exact) mass is 332 g/mol. The Kier molecular flexibility index (Phi) is 5.58. The summed E-state index contributed by atoms with van der Waals surface area (Å²) in [6.45, 7) is 9.21. The summed E-state index contributed by atoms with van der Waals surface area (Å²) in [5, 5.41) is 17.9. The van der Waals surface area contributed by atoms with Crippen molar-refractivity contribution in [2.45, 2.75) is 52.4 Å². The lowest BCUT2D eigenvalue weighted by molar-refractivity contribution is 0.143. The summed E-state index contributed by atoms with van der Waals surface area (Å²) in [7, 11) is 2.07. The van der Waals surface area contributed by atoms with Crippen LogP contribution < -0.4 is 0 Å². The molecule has 2 aromatic heterocycles. The van der Waals surface area contributed by atoms with Crippen molar-refractivity contribution in [3.63, 3.8) is 0 Å². The molecule has 23 heavy (non-hydrogen) atoms. The van der Waals surface area contributed by atoms with Crippen molar-refractivity contribution >= 4 is 11.3 Å². The molecule has 2 heterocycles. The zero-order valence-electron chi connectivity index (χ0n) is 14.4. The SMILES string of the molecule is CC(C)n1cnnc1CN(C)Cc1ccc(C#CC(C)(C)O)s1. The van der Waals surface area contributed by atoms with Gasteiger partial charge in [0.2, 0.25) is 0 Å². The van der Waals surface area contributed by atoms with Crippen LogP contribution in [0.2, 0.25) is 0 Å². The summed E-state index contributed by atoms with van der Waals surface area (Å²) in [5.74, 6) is 6.84. The summed E-state index contributed by atoms with van der Waals surface area (Å²) >= 11 is 1.66. The van der Waals surface area contributed by atoms with Crippen LogP contribution in [0.5, 0.6) is 0 Å². The Morgan fingerprint density at radius 1 is 1.35 bits per heavy atom. The molecule has 0 radical (unpaired) electrons. The van der Waals surface area contributed by atoms with E-state index in [4.69, 9.17) is 0 Å². The van der Waals surface area contributed by atoms with Gasteiger partial charge in [0.05, 0.1) is 11.4 Å². The van der Waals surface area contributed by atoms with E-state index in [1.54, 1.807) is 31.5 Å². The van der Waals surface area contributed by atoms with Crippen LogP contribution in [0.25, 0.3) is 0 Å². The third-order valence-corrected chi connectivity index (χ3v) is 4.18. The van der Waals surface area contributed by atoms with Gasteiger partial charge < -0.3 is 9.67 Å². The first-order chi connectivity index (χ1) is 10.7. The Balaban J connectivity index is 1.98. The lowest BCUT2D eigenvalue weighted by Gasteiger charge is -2.17. The number of thiophene rings is 1. The second-order valence-electron chi connectivity index (χ2n) is 6.50. The normalized spacial score (nSPS) is 11.8. The molecule has 0 aromatic carbocycles. The summed E-state index contributed by atoms with van der Waals surface area (Å²) in [4.78, 5) is 4.42. The van der Waals surface area contributed by atoms with Crippen molar-refractivity contribution in [3.05, 3.63) is 34.0 Å². The number of hydrogen-bond acceptors (Lipinski definition) is 5. The Morgan fingerprint density at radius 2 is 2.09 bits per heavy atom. The molecule has 5 nitrogen and oxygen atoms in total. The third-order valence-electron chi connectivity index (χ3n) is 3.19. The summed E-state index contributed by atoms with van der Waals surface area (Å²) in [5.41, 5.74) is -0.956. The van der Waals surface area contributed by atoms with Crippen molar-refractivity contribution in [1.82, 2.24) is 19.7 Å². The first kappa shape index (κ1) is 17.7. The molecule has 0 spiro atoms. The van der Waals surface area contributed by atoms with Crippen LogP contribution in [0.1, 0.15) is 49.3 Å². The molecule has 2 rings (SSSR count). The molecule has 0 aliphatic rings. The first-order valence-electron chi connectivity index (χ1n) is 7.66. The summed E-state index contributed by atoms with van der Waals surface area (Å²) < 4.78 is 2.09. The lowest BCUT2D eigenvalue weighted by Crippen LogP contribution is -2.20. The van der Waals surface area contributed by atoms with Crippen LogP contribution in [-0.2, 0) is 13.1 Å². The van der Waals surface area contributed by atoms with Gasteiger partial charge in [0.15, 0.2) is 0 Å². The van der Waals surface area contributed by atoms with E-state index in [1.165, 1.54) is 4.88 Å². The molecular formula is C17H24N4OS. The summed E-state index contributed by atoms with van der Waals surface area (Å²) in [6.07, 6.45) is 1.78. The van der Waals surface area contributed by atoms with E-state index >= 15 is 0 Å². The van der Waals surface area contributed by atoms with Crippen LogP contribution in [0, 0.1) is 11.8 Å². The quantitative estimate of drug-likeness (QED) is 0.855. The van der Waals surface area contributed by atoms with Gasteiger partial charge in [-0.25, -0.2) is 0 Å². The molecule has 0 bridgehead atoms. The van der Waals surface area contributed by atoms with E-state index in [2.05, 4.69) is 58.5 Å². The molecule has 0 unspecified atom stereocenters. The van der Waals surface area contributed by atoms with Crippen molar-refractivity contribution in [2.24, 2.45) is 0 Å². The highest BCUT2D eigenvalue weighted by Crippen LogP contribution is 2.18. The standard InChI is InChI=1S/C17H24N4OS/c1-13(2)21-12-18-19-16(21)11-20(5)10-15-7-6-14(23-15)8-9-17(3,4)22/h6-7,12-13,22H,10-11H2,1-5H3. The zero-order chi connectivity index (χ0) is 17.0. The number of nitrogens with zero attached hydrogens (tertiary/aromatic N) is 4. The maximum atomic E-state index is 9.65. The number of hydrogen-bond donors (Lipinski definition) is 1. The van der Waals surface area contributed by atoms with Crippen molar-refractivity contribution in [2.75, 3.05) is 7.05 Å². The fourth-order valence-electron chi connectivity index (χ4n) is 2.12. The molecule has 0 atom stereocenters. The Bertz CT molecular complexity index is 700. The van der Waals surface area contributed by atoms with E-state index in [1.807, 2.05) is 6.07 Å². The van der Waals surface area contributed by atoms with E-state index in [0.29, 0.717) is 6.04 Å². The van der Waals surface area contributed by atoms with Gasteiger partial charge in [-0.1, -0.05) is 11.8 Å². The predicted molar refractivity (Wildman–Crippen MR) is 93.1 cm³/mol. The average Bonchev–Trinajstić information content (AvgIpc) is 3.04. The van der Waals surface area contributed by atoms with Gasteiger partial charge in [-0.2, -0.15) is 0 Å². The van der Waals surface area contributed by atoms with Gasteiger partial charge in [-0.15, -0.1) is 21.5 Å². The number of aliphatic hydroxyl groups is 1. The average molecular weight is 332 g/mol. The van der Waals surface area contributed by atoms with Crippen LogP contribution in [0.4, 0.5) is 0 Å². The van der Waals surface area contributed by atoms with E-state index in [9.17, 15) is 5.11 Å². The minimum atomic E-state index is -0.956. The highest BCUT2D eigenvalue weighted by molar-refractivity contribution is 7.12. The minimum absolute atomic E-state index is 0.360. The van der Waals surface area contributed by atoms with Crippen molar-refractivity contribution in [3.8, 4) is 11.8 Å². The molecule has 2 aromatic rings. The molecule has 0 saturated heterocycles. The van der Waals surface area contributed by atoms with E-state index < -0.39 is 5.60 Å². The first-order valence-corrected chi connectivity index (χ1v) is 8.47. The molecule has 0 aliphatic carbocycles. The fourth-order valence-corrected chi connectivity index (χ4v) is 3.06. The smallest absolute Gasteiger partial charge is 0.147 e. The maximum Gasteiger partial charge on any atom is 0.147 e. The Labute approximate surface area is 142 Å². The Morgan fingerprint density at radius 3 is 2.74 bits per heavy atom. The number of rotatable bonds is 5. The Hall–Kier alpha value is -1.68. The molecule has 1 N–H and O–H groups in total. The van der Waals surface area contributed by atoms with Gasteiger partial charge >= 0.3 is 0 Å². The number of aromatic nitrogens is 3. The molecule has 124 valence electrons. The minimum Gasteiger partial charge on any atom is -0.378 e. The molecule has 0 saturated carbocycles. The topological polar surface area (TPSA) is 54.2 Å². The van der Waals surface area contributed by atoms with Gasteiger partial charge in [-0.05, 0) is 46.9 Å². The largest absolute Gasteiger partial charge is 0.378 e. The zero-order valence-corrected chi connectivity index (χ0v) is 15.2. The van der Waals surface area contributed by atoms with Crippen molar-refractivity contribution < 1.29 is 5.11 Å². The highest BCUT2D eigenvalue weighted by Gasteiger charge is 2.11. The lowest BCUT2D eigenvalue weighted by atomic mass is 10.1. The van der Waals surface area contributed by atoms with Gasteiger partial charge in [0, 0.05) is 17.5 Å². The van der Waals surface area contributed by atoms with Gasteiger partial charge in [-0.3, -0.25) is 4.90 Å². The van der Waals surface area contributed by atoms with Crippen LogP contribution in [0.15, 0.2) is 18.5 Å². The maximum absolute atomic E-state index is 9.65. The molecule has 0 amide bonds. The molecule has 0 fully saturated rings. The molecular weight excluding hydrogens is 308 g/mol. The predicted octanol–water partition coefficient (Wildman–Crippen LogP) is 2.67. The fraction of sp³-hybridized carbons (Fsp3) is 0.529. The van der Waals surface area contributed by atoms with Crippen LogP contribution in [-0.4, -0.2) is 37.4 Å². The van der Waals surface area contributed by atoms with Crippen molar-refractivity contribution in [1.29, 1.82) is 0 Å². The second kappa shape index (κ2) is 7.26. The highest BCUT2D eigenvalue weighted by atomic mass is 32.1. The van der Waals surface area contributed by atoms with E-state index in [0.717, 1.165) is 23.8 Å². The summed E-state index contributed by atoms with van der Waals surface area (Å²) in [6, 6.07) is 4.45. The molecule has 0 aliphatic heterocycles. The van der Waals surface area contributed by atoms with Gasteiger partial charge in [0.1, 0.15) is 17.8 Å². The van der Waals surface area contributed by atoms with Gasteiger partial charge in [0.25, 0.3) is 0 Å². The molecule has 6 heteroatoms. The third kappa shape index (κ3) is 5.47. The van der Waals surface area contributed by atoms with E-state index in [-0.39, 0.29) is 0 Å².